The first-order valence-corrected chi connectivity index (χ1v) is 6.92. The average molecular weight is 262 g/mol. The molecule has 1 aromatic rings. The van der Waals surface area contributed by atoms with Crippen LogP contribution in [0.2, 0.25) is 0 Å². The van der Waals surface area contributed by atoms with E-state index < -0.39 is 0 Å². The number of piperidine rings is 1. The van der Waals surface area contributed by atoms with Crippen molar-refractivity contribution in [2.45, 2.75) is 32.4 Å². The summed E-state index contributed by atoms with van der Waals surface area (Å²) in [5.41, 5.74) is 1.12. The van der Waals surface area contributed by atoms with Gasteiger partial charge in [0.2, 0.25) is 5.91 Å². The molecule has 1 N–H and O–H groups in total. The molecule has 0 spiro atoms. The van der Waals surface area contributed by atoms with Crippen LogP contribution in [0, 0.1) is 0 Å². The molecule has 4 heteroatoms. The second-order valence-electron chi connectivity index (χ2n) is 4.82. The maximum absolute atomic E-state index is 12.2. The van der Waals surface area contributed by atoms with Crippen LogP contribution >= 0.6 is 0 Å². The van der Waals surface area contributed by atoms with Crippen LogP contribution in [0.3, 0.4) is 0 Å². The smallest absolute Gasteiger partial charge is 0.239 e. The molecular weight excluding hydrogens is 240 g/mol. The monoisotopic (exact) mass is 262 g/mol. The zero-order chi connectivity index (χ0) is 13.7. The van der Waals surface area contributed by atoms with Crippen molar-refractivity contribution in [2.75, 3.05) is 20.2 Å². The molecule has 1 aliphatic rings. The molecule has 4 nitrogen and oxygen atoms in total. The van der Waals surface area contributed by atoms with Gasteiger partial charge in [0, 0.05) is 13.1 Å². The fourth-order valence-corrected chi connectivity index (χ4v) is 2.49. The van der Waals surface area contributed by atoms with E-state index in [4.69, 9.17) is 4.74 Å². The molecule has 1 unspecified atom stereocenters. The van der Waals surface area contributed by atoms with E-state index in [1.54, 1.807) is 0 Å². The lowest BCUT2D eigenvalue weighted by atomic mass is 10.0. The number of benzene rings is 1. The molecule has 0 aliphatic carbocycles. The van der Waals surface area contributed by atoms with Crippen molar-refractivity contribution >= 4 is 5.91 Å². The number of rotatable bonds is 5. The minimum atomic E-state index is -0.0242. The number of carbonyl (C=O) groups is 1. The van der Waals surface area contributed by atoms with Gasteiger partial charge in [-0.15, -0.1) is 0 Å². The Balaban J connectivity index is 2.03. The highest BCUT2D eigenvalue weighted by molar-refractivity contribution is 5.82. The lowest BCUT2D eigenvalue weighted by Crippen LogP contribution is -2.49. The van der Waals surface area contributed by atoms with E-state index in [9.17, 15) is 4.79 Å². The predicted octanol–water partition coefficient (Wildman–Crippen LogP) is 1.80. The third-order valence-electron chi connectivity index (χ3n) is 3.46. The topological polar surface area (TPSA) is 41.6 Å². The fraction of sp³-hybridized carbons (Fsp3) is 0.533. The summed E-state index contributed by atoms with van der Waals surface area (Å²) in [4.78, 5) is 14.1. The number of carbonyl (C=O) groups excluding carboxylic acids is 1. The quantitative estimate of drug-likeness (QED) is 0.879. The van der Waals surface area contributed by atoms with Gasteiger partial charge in [0.05, 0.1) is 12.6 Å². The van der Waals surface area contributed by atoms with Gasteiger partial charge < -0.3 is 15.0 Å². The molecule has 0 radical (unpaired) electrons. The second kappa shape index (κ2) is 6.57. The average Bonchev–Trinajstić information content (AvgIpc) is 2.42. The fourth-order valence-electron chi connectivity index (χ4n) is 2.49. The van der Waals surface area contributed by atoms with Crippen molar-refractivity contribution in [2.24, 2.45) is 0 Å². The Morgan fingerprint density at radius 3 is 3.05 bits per heavy atom. The van der Waals surface area contributed by atoms with E-state index >= 15 is 0 Å². The molecule has 1 heterocycles. The van der Waals surface area contributed by atoms with Crippen LogP contribution in [-0.4, -0.2) is 37.0 Å². The maximum atomic E-state index is 12.2. The lowest BCUT2D eigenvalue weighted by molar-refractivity contribution is -0.136. The molecule has 1 atom stereocenters. The molecule has 1 aliphatic heterocycles. The number of ether oxygens (including phenoxy) is 1. The summed E-state index contributed by atoms with van der Waals surface area (Å²) in [7, 11) is 1.85. The molecule has 1 aromatic carbocycles. The van der Waals surface area contributed by atoms with Crippen molar-refractivity contribution < 1.29 is 9.53 Å². The van der Waals surface area contributed by atoms with Crippen molar-refractivity contribution in [3.8, 4) is 5.75 Å². The summed E-state index contributed by atoms with van der Waals surface area (Å²) in [6.07, 6.45) is 1.99. The first-order valence-electron chi connectivity index (χ1n) is 6.92. The van der Waals surface area contributed by atoms with Crippen LogP contribution < -0.4 is 10.1 Å². The Kier molecular flexibility index (Phi) is 4.80. The van der Waals surface area contributed by atoms with Crippen LogP contribution in [0.15, 0.2) is 24.3 Å². The molecule has 1 amide bonds. The molecule has 0 saturated carbocycles. The van der Waals surface area contributed by atoms with E-state index in [1.807, 2.05) is 43.1 Å². The van der Waals surface area contributed by atoms with Gasteiger partial charge in [0.15, 0.2) is 0 Å². The summed E-state index contributed by atoms with van der Waals surface area (Å²) in [5.74, 6) is 1.07. The Hall–Kier alpha value is -1.55. The summed E-state index contributed by atoms with van der Waals surface area (Å²) in [6.45, 7) is 4.14. The zero-order valence-corrected chi connectivity index (χ0v) is 11.7. The third kappa shape index (κ3) is 3.47. The van der Waals surface area contributed by atoms with Crippen molar-refractivity contribution in [1.82, 2.24) is 10.2 Å². The standard InChI is InChI=1S/C15H22N2O2/c1-3-19-13-7-4-6-12(10-13)11-17-9-5-8-14(16-2)15(17)18/h4,6-7,10,14,16H,3,5,8-9,11H2,1-2H3. The van der Waals surface area contributed by atoms with Crippen LogP contribution in [0.4, 0.5) is 0 Å². The van der Waals surface area contributed by atoms with Crippen molar-refractivity contribution in [1.29, 1.82) is 0 Å². The summed E-state index contributed by atoms with van der Waals surface area (Å²) in [5, 5.41) is 3.09. The van der Waals surface area contributed by atoms with Gasteiger partial charge in [0.1, 0.15) is 5.75 Å². The predicted molar refractivity (Wildman–Crippen MR) is 75.1 cm³/mol. The van der Waals surface area contributed by atoms with Crippen molar-refractivity contribution in [3.05, 3.63) is 29.8 Å². The second-order valence-corrected chi connectivity index (χ2v) is 4.82. The minimum absolute atomic E-state index is 0.0242. The summed E-state index contributed by atoms with van der Waals surface area (Å²) < 4.78 is 5.49. The highest BCUT2D eigenvalue weighted by Crippen LogP contribution is 2.18. The molecule has 1 fully saturated rings. The number of likely N-dealkylation sites (N-methyl/N-ethyl adjacent to an activating group) is 1. The van der Waals surface area contributed by atoms with E-state index in [0.717, 1.165) is 30.7 Å². The van der Waals surface area contributed by atoms with E-state index in [1.165, 1.54) is 0 Å². The van der Waals surface area contributed by atoms with Crippen LogP contribution in [0.25, 0.3) is 0 Å². The molecule has 19 heavy (non-hydrogen) atoms. The maximum Gasteiger partial charge on any atom is 0.239 e. The minimum Gasteiger partial charge on any atom is -0.494 e. The molecule has 0 bridgehead atoms. The number of hydrogen-bond donors (Lipinski definition) is 1. The first kappa shape index (κ1) is 13.9. The Morgan fingerprint density at radius 1 is 1.47 bits per heavy atom. The highest BCUT2D eigenvalue weighted by Gasteiger charge is 2.27. The van der Waals surface area contributed by atoms with Crippen LogP contribution in [0.1, 0.15) is 25.3 Å². The lowest BCUT2D eigenvalue weighted by Gasteiger charge is -2.32. The van der Waals surface area contributed by atoms with Gasteiger partial charge in [-0.05, 0) is 44.5 Å². The van der Waals surface area contributed by atoms with Crippen LogP contribution in [-0.2, 0) is 11.3 Å². The Labute approximate surface area is 114 Å². The van der Waals surface area contributed by atoms with Gasteiger partial charge in [-0.25, -0.2) is 0 Å². The zero-order valence-electron chi connectivity index (χ0n) is 11.7. The van der Waals surface area contributed by atoms with Gasteiger partial charge in [-0.2, -0.15) is 0 Å². The number of nitrogens with zero attached hydrogens (tertiary/aromatic N) is 1. The largest absolute Gasteiger partial charge is 0.494 e. The molecule has 104 valence electrons. The highest BCUT2D eigenvalue weighted by atomic mass is 16.5. The van der Waals surface area contributed by atoms with Gasteiger partial charge in [-0.1, -0.05) is 12.1 Å². The van der Waals surface area contributed by atoms with Crippen LogP contribution in [0.5, 0.6) is 5.75 Å². The number of amides is 1. The first-order chi connectivity index (χ1) is 9.24. The van der Waals surface area contributed by atoms with E-state index in [2.05, 4.69) is 5.32 Å². The number of nitrogens with one attached hydrogen (secondary N) is 1. The normalized spacial score (nSPS) is 19.6. The van der Waals surface area contributed by atoms with Gasteiger partial charge in [0.25, 0.3) is 0 Å². The summed E-state index contributed by atoms with van der Waals surface area (Å²) >= 11 is 0. The van der Waals surface area contributed by atoms with Gasteiger partial charge >= 0.3 is 0 Å². The number of hydrogen-bond acceptors (Lipinski definition) is 3. The van der Waals surface area contributed by atoms with E-state index in [0.29, 0.717) is 13.2 Å². The molecule has 0 aromatic heterocycles. The molecule has 2 rings (SSSR count). The number of likely N-dealkylation sites (tertiary alicyclic amines) is 1. The Morgan fingerprint density at radius 2 is 2.32 bits per heavy atom. The van der Waals surface area contributed by atoms with Crippen molar-refractivity contribution in [3.63, 3.8) is 0 Å². The summed E-state index contributed by atoms with van der Waals surface area (Å²) in [6, 6.07) is 7.95. The third-order valence-corrected chi connectivity index (χ3v) is 3.46. The SMILES string of the molecule is CCOc1cccc(CN2CCCC(NC)C2=O)c1. The Bertz CT molecular complexity index is 434. The van der Waals surface area contributed by atoms with Gasteiger partial charge in [-0.3, -0.25) is 4.79 Å². The van der Waals surface area contributed by atoms with E-state index in [-0.39, 0.29) is 11.9 Å². The molecular formula is C15H22N2O2. The molecule has 1 saturated heterocycles.